The van der Waals surface area contributed by atoms with Gasteiger partial charge in [-0.05, 0) is 50.1 Å². The highest BCUT2D eigenvalue weighted by Crippen LogP contribution is 2.25. The average molecular weight is 301 g/mol. The first kappa shape index (κ1) is 16.2. The van der Waals surface area contributed by atoms with Gasteiger partial charge in [0.15, 0.2) is 0 Å². The average Bonchev–Trinajstić information content (AvgIpc) is 3.03. The van der Waals surface area contributed by atoms with Gasteiger partial charge in [-0.2, -0.15) is 0 Å². The number of carbonyl (C=O) groups is 2. The number of anilines is 1. The Morgan fingerprint density at radius 2 is 2.09 bits per heavy atom. The Morgan fingerprint density at radius 1 is 1.36 bits per heavy atom. The summed E-state index contributed by atoms with van der Waals surface area (Å²) >= 11 is 0. The molecule has 1 atom stereocenters. The monoisotopic (exact) mass is 301 g/mol. The molecule has 22 heavy (non-hydrogen) atoms. The molecule has 0 aromatic heterocycles. The summed E-state index contributed by atoms with van der Waals surface area (Å²) in [6, 6.07) is 6.90. The van der Waals surface area contributed by atoms with Crippen molar-refractivity contribution < 1.29 is 9.59 Å². The zero-order valence-electron chi connectivity index (χ0n) is 12.9. The maximum absolute atomic E-state index is 12.5. The minimum absolute atomic E-state index is 0.00337. The van der Waals surface area contributed by atoms with Crippen molar-refractivity contribution in [1.29, 1.82) is 0 Å². The smallest absolute Gasteiger partial charge is 0.251 e. The van der Waals surface area contributed by atoms with Crippen molar-refractivity contribution in [1.82, 2.24) is 10.6 Å². The van der Waals surface area contributed by atoms with Gasteiger partial charge in [-0.3, -0.25) is 9.59 Å². The molecular formula is C17H23N3O2. The Hall–Kier alpha value is -2.14. The zero-order chi connectivity index (χ0) is 16.0. The van der Waals surface area contributed by atoms with Crippen LogP contribution in [0, 0.1) is 0 Å². The van der Waals surface area contributed by atoms with Crippen LogP contribution in [-0.2, 0) is 4.79 Å². The van der Waals surface area contributed by atoms with Gasteiger partial charge in [0, 0.05) is 17.8 Å². The predicted molar refractivity (Wildman–Crippen MR) is 87.9 cm³/mol. The third-order valence-corrected chi connectivity index (χ3v) is 4.09. The number of rotatable bonds is 6. The SMILES string of the molecule is C=CCNC(=O)c1ccc(NC(=O)C2(CC)CCCN2)cc1. The normalized spacial score (nSPS) is 20.4. The van der Waals surface area contributed by atoms with Gasteiger partial charge in [0.2, 0.25) is 5.91 Å². The van der Waals surface area contributed by atoms with E-state index in [9.17, 15) is 9.59 Å². The van der Waals surface area contributed by atoms with Crippen LogP contribution >= 0.6 is 0 Å². The lowest BCUT2D eigenvalue weighted by atomic mass is 9.93. The second-order valence-electron chi connectivity index (χ2n) is 5.50. The summed E-state index contributed by atoms with van der Waals surface area (Å²) in [5.41, 5.74) is 0.802. The number of nitrogens with one attached hydrogen (secondary N) is 3. The highest BCUT2D eigenvalue weighted by atomic mass is 16.2. The molecule has 5 nitrogen and oxygen atoms in total. The van der Waals surface area contributed by atoms with Crippen molar-refractivity contribution in [2.24, 2.45) is 0 Å². The van der Waals surface area contributed by atoms with Crippen molar-refractivity contribution in [3.05, 3.63) is 42.5 Å². The first-order valence-corrected chi connectivity index (χ1v) is 7.67. The highest BCUT2D eigenvalue weighted by Gasteiger charge is 2.38. The first-order valence-electron chi connectivity index (χ1n) is 7.67. The molecule has 2 amide bonds. The lowest BCUT2D eigenvalue weighted by molar-refractivity contribution is -0.122. The van der Waals surface area contributed by atoms with Crippen LogP contribution in [0.2, 0.25) is 0 Å². The van der Waals surface area contributed by atoms with Crippen molar-refractivity contribution >= 4 is 17.5 Å². The standard InChI is InChI=1S/C17H23N3O2/c1-3-11-18-15(21)13-6-8-14(9-7-13)20-16(22)17(4-2)10-5-12-19-17/h3,6-9,19H,1,4-5,10-12H2,2H3,(H,18,21)(H,20,22). The Labute approximate surface area is 131 Å². The second kappa shape index (κ2) is 7.22. The highest BCUT2D eigenvalue weighted by molar-refractivity contribution is 5.99. The Balaban J connectivity index is 2.00. The molecule has 3 N–H and O–H groups in total. The Bertz CT molecular complexity index is 546. The van der Waals surface area contributed by atoms with Gasteiger partial charge in [-0.25, -0.2) is 0 Å². The first-order chi connectivity index (χ1) is 10.6. The van der Waals surface area contributed by atoms with Gasteiger partial charge in [-0.1, -0.05) is 13.0 Å². The topological polar surface area (TPSA) is 70.2 Å². The minimum Gasteiger partial charge on any atom is -0.349 e. The molecular weight excluding hydrogens is 278 g/mol. The van der Waals surface area contributed by atoms with Gasteiger partial charge in [0.05, 0.1) is 5.54 Å². The fourth-order valence-corrected chi connectivity index (χ4v) is 2.68. The van der Waals surface area contributed by atoms with Crippen LogP contribution in [0.15, 0.2) is 36.9 Å². The van der Waals surface area contributed by atoms with E-state index in [2.05, 4.69) is 22.5 Å². The summed E-state index contributed by atoms with van der Waals surface area (Å²) in [5, 5.41) is 8.96. The Kier molecular flexibility index (Phi) is 5.33. The zero-order valence-corrected chi connectivity index (χ0v) is 12.9. The molecule has 1 fully saturated rings. The Morgan fingerprint density at radius 3 is 2.64 bits per heavy atom. The third kappa shape index (κ3) is 3.54. The molecule has 1 unspecified atom stereocenters. The molecule has 1 aromatic rings. The summed E-state index contributed by atoms with van der Waals surface area (Å²) in [4.78, 5) is 24.3. The van der Waals surface area contributed by atoms with Crippen LogP contribution < -0.4 is 16.0 Å². The van der Waals surface area contributed by atoms with E-state index in [0.717, 1.165) is 25.8 Å². The number of hydrogen-bond acceptors (Lipinski definition) is 3. The molecule has 1 aliphatic rings. The van der Waals surface area contributed by atoms with E-state index in [4.69, 9.17) is 0 Å². The van der Waals surface area contributed by atoms with Crippen LogP contribution in [0.1, 0.15) is 36.5 Å². The lowest BCUT2D eigenvalue weighted by Crippen LogP contribution is -2.50. The molecule has 1 aliphatic heterocycles. The van der Waals surface area contributed by atoms with E-state index < -0.39 is 5.54 Å². The number of carbonyl (C=O) groups excluding carboxylic acids is 2. The molecule has 1 aromatic carbocycles. The quantitative estimate of drug-likeness (QED) is 0.705. The molecule has 0 aliphatic carbocycles. The van der Waals surface area contributed by atoms with Gasteiger partial charge in [-0.15, -0.1) is 6.58 Å². The summed E-state index contributed by atoms with van der Waals surface area (Å²) < 4.78 is 0. The van der Waals surface area contributed by atoms with Gasteiger partial charge in [0.1, 0.15) is 0 Å². The van der Waals surface area contributed by atoms with E-state index in [1.54, 1.807) is 30.3 Å². The summed E-state index contributed by atoms with van der Waals surface area (Å²) in [5.74, 6) is -0.156. The number of amides is 2. The van der Waals surface area contributed by atoms with E-state index in [1.165, 1.54) is 0 Å². The molecule has 118 valence electrons. The summed E-state index contributed by atoms with van der Waals surface area (Å²) in [7, 11) is 0. The molecule has 0 saturated carbocycles. The molecule has 0 spiro atoms. The number of hydrogen-bond donors (Lipinski definition) is 3. The maximum Gasteiger partial charge on any atom is 0.251 e. The van der Waals surface area contributed by atoms with Crippen LogP contribution in [0.3, 0.4) is 0 Å². The molecule has 0 bridgehead atoms. The van der Waals surface area contributed by atoms with Crippen LogP contribution in [0.5, 0.6) is 0 Å². The number of benzene rings is 1. The van der Waals surface area contributed by atoms with Gasteiger partial charge in [0.25, 0.3) is 5.91 Å². The van der Waals surface area contributed by atoms with Crippen molar-refractivity contribution in [3.8, 4) is 0 Å². The van der Waals surface area contributed by atoms with E-state index >= 15 is 0 Å². The lowest BCUT2D eigenvalue weighted by Gasteiger charge is -2.26. The van der Waals surface area contributed by atoms with Gasteiger partial charge >= 0.3 is 0 Å². The van der Waals surface area contributed by atoms with Crippen molar-refractivity contribution in [2.75, 3.05) is 18.4 Å². The molecule has 2 rings (SSSR count). The van der Waals surface area contributed by atoms with Crippen LogP contribution in [0.25, 0.3) is 0 Å². The molecule has 1 saturated heterocycles. The van der Waals surface area contributed by atoms with Crippen molar-refractivity contribution in [2.45, 2.75) is 31.7 Å². The molecule has 1 heterocycles. The summed E-state index contributed by atoms with van der Waals surface area (Å²) in [6.45, 7) is 6.89. The second-order valence-corrected chi connectivity index (χ2v) is 5.50. The van der Waals surface area contributed by atoms with Crippen molar-refractivity contribution in [3.63, 3.8) is 0 Å². The fraction of sp³-hybridized carbons (Fsp3) is 0.412. The van der Waals surface area contributed by atoms with E-state index in [-0.39, 0.29) is 11.8 Å². The molecule has 5 heteroatoms. The maximum atomic E-state index is 12.5. The van der Waals surface area contributed by atoms with E-state index in [0.29, 0.717) is 17.8 Å². The molecule has 0 radical (unpaired) electrons. The third-order valence-electron chi connectivity index (χ3n) is 4.09. The fourth-order valence-electron chi connectivity index (χ4n) is 2.68. The minimum atomic E-state index is -0.458. The van der Waals surface area contributed by atoms with Crippen LogP contribution in [-0.4, -0.2) is 30.4 Å². The van der Waals surface area contributed by atoms with Crippen LogP contribution in [0.4, 0.5) is 5.69 Å². The van der Waals surface area contributed by atoms with Gasteiger partial charge < -0.3 is 16.0 Å². The summed E-state index contributed by atoms with van der Waals surface area (Å²) in [6.07, 6.45) is 4.27. The predicted octanol–water partition coefficient (Wildman–Crippen LogP) is 2.07. The van der Waals surface area contributed by atoms with E-state index in [1.807, 2.05) is 6.92 Å². The largest absolute Gasteiger partial charge is 0.349 e.